The second-order valence-electron chi connectivity index (χ2n) is 14.9. The molecule has 1 unspecified atom stereocenters. The van der Waals surface area contributed by atoms with Crippen LogP contribution in [0.3, 0.4) is 0 Å². The van der Waals surface area contributed by atoms with Crippen molar-refractivity contribution >= 4 is 46.7 Å². The Morgan fingerprint density at radius 1 is 0.617 bits per heavy atom. The van der Waals surface area contributed by atoms with Crippen molar-refractivity contribution in [3.05, 3.63) is 113 Å². The zero-order chi connectivity index (χ0) is 43.2. The molecule has 3 amide bonds. The summed E-state index contributed by atoms with van der Waals surface area (Å²) >= 11 is 0. The van der Waals surface area contributed by atoms with E-state index in [0.29, 0.717) is 29.8 Å². The number of ketones is 3. The quantitative estimate of drug-likeness (QED) is 0.0870. The summed E-state index contributed by atoms with van der Waals surface area (Å²) < 4.78 is 9.79. The van der Waals surface area contributed by atoms with E-state index in [2.05, 4.69) is 30.9 Å². The fraction of sp³-hybridized carbons (Fsp3) is 0.341. The van der Waals surface area contributed by atoms with E-state index < -0.39 is 23.6 Å². The Morgan fingerprint density at radius 3 is 1.70 bits per heavy atom. The molecule has 0 aromatic carbocycles. The largest absolute Gasteiger partial charge is 0.357 e. The van der Waals surface area contributed by atoms with Gasteiger partial charge in [0, 0.05) is 124 Å². The Morgan fingerprint density at radius 2 is 1.17 bits per heavy atom. The molecule has 5 N–H and O–H groups in total. The molecule has 6 aromatic heterocycles. The molecule has 0 aliphatic heterocycles. The van der Waals surface area contributed by atoms with Crippen molar-refractivity contribution in [2.45, 2.75) is 32.1 Å². The molecule has 6 heterocycles. The zero-order valence-electron chi connectivity index (χ0n) is 34.4. The summed E-state index contributed by atoms with van der Waals surface area (Å²) in [5.41, 5.74) is 9.16. The molecule has 0 radical (unpaired) electrons. The number of nitrogens with one attached hydrogen (secondary N) is 3. The number of hydrogen-bond acceptors (Lipinski definition) is 10. The van der Waals surface area contributed by atoms with Gasteiger partial charge in [0.05, 0.1) is 11.4 Å². The van der Waals surface area contributed by atoms with Crippen molar-refractivity contribution in [2.24, 2.45) is 53.9 Å². The van der Waals surface area contributed by atoms with E-state index in [1.54, 1.807) is 79.7 Å². The van der Waals surface area contributed by atoms with Crippen molar-refractivity contribution in [2.75, 3.05) is 23.7 Å². The van der Waals surface area contributed by atoms with Gasteiger partial charge in [0.15, 0.2) is 29.0 Å². The van der Waals surface area contributed by atoms with Crippen LogP contribution < -0.4 is 21.7 Å². The number of amides is 3. The fourth-order valence-corrected chi connectivity index (χ4v) is 7.09. The molecule has 0 saturated heterocycles. The number of aromatic nitrogens is 9. The Balaban J connectivity index is 0.995. The van der Waals surface area contributed by atoms with Gasteiger partial charge >= 0.3 is 0 Å². The van der Waals surface area contributed by atoms with Crippen LogP contribution in [-0.4, -0.2) is 90.5 Å². The molecule has 0 fully saturated rings. The monoisotopic (exact) mass is 819 g/mol. The molecule has 0 aliphatic rings. The van der Waals surface area contributed by atoms with Crippen molar-refractivity contribution < 1.29 is 28.8 Å². The smallest absolute Gasteiger partial charge is 0.292 e. The number of carbonyl (C=O) groups is 6. The van der Waals surface area contributed by atoms with Crippen LogP contribution in [-0.2, 0) is 66.3 Å². The van der Waals surface area contributed by atoms with E-state index >= 15 is 0 Å². The maximum absolute atomic E-state index is 13.5. The summed E-state index contributed by atoms with van der Waals surface area (Å²) in [4.78, 5) is 91.1. The van der Waals surface area contributed by atoms with Crippen molar-refractivity contribution in [1.82, 2.24) is 47.7 Å². The first-order valence-electron chi connectivity index (χ1n) is 19.3. The normalized spacial score (nSPS) is 11.7. The number of hydrogen-bond donors (Lipinski definition) is 4. The molecule has 314 valence electrons. The van der Waals surface area contributed by atoms with E-state index in [-0.39, 0.29) is 78.8 Å². The number of Topliss-reactive ketones (excluding diaryl/α,β-unsaturated/α-hetero) is 3. The average molecular weight is 820 g/mol. The summed E-state index contributed by atoms with van der Waals surface area (Å²) in [6.45, 7) is 0.432. The SMILES string of the molecule is Cn1ccc(CC(=O)c2cc(CC(=O)c3cc(CC(=O)C(CCN)CCNC(=O)c4nc(NC(=O)c5nc(NC(=O)c6nccn6C)cn5C)cn4C)cn3C)cn2C)c1. The van der Waals surface area contributed by atoms with E-state index in [0.717, 1.165) is 11.1 Å². The van der Waals surface area contributed by atoms with Gasteiger partial charge in [-0.15, -0.1) is 0 Å². The lowest BCUT2D eigenvalue weighted by Gasteiger charge is -2.15. The summed E-state index contributed by atoms with van der Waals surface area (Å²) in [5, 5.41) is 8.05. The molecule has 0 saturated carbocycles. The molecule has 1 atom stereocenters. The van der Waals surface area contributed by atoms with E-state index in [1.807, 2.05) is 30.1 Å². The number of aryl methyl sites for hydroxylation is 6. The number of anilines is 2. The minimum Gasteiger partial charge on any atom is -0.357 e. The van der Waals surface area contributed by atoms with Crippen molar-refractivity contribution in [3.8, 4) is 0 Å². The van der Waals surface area contributed by atoms with Gasteiger partial charge in [0.25, 0.3) is 17.7 Å². The first kappa shape index (κ1) is 42.5. The van der Waals surface area contributed by atoms with E-state index in [9.17, 15) is 28.8 Å². The molecule has 19 nitrogen and oxygen atoms in total. The lowest BCUT2D eigenvalue weighted by molar-refractivity contribution is -0.122. The molecule has 0 spiro atoms. The van der Waals surface area contributed by atoms with Gasteiger partial charge in [0.1, 0.15) is 5.78 Å². The standard InChI is InChI=1S/C41H49N13O6/c1-49-13-9-25(20-49)17-32(56)29-16-27(22-52(29)4)19-33(57)30-15-26(21-51(30)3)18-31(55)28(7-10-42)8-11-44-39(58)37-45-34(23-53(37)5)48-41(60)38-46-35(24-54(38)6)47-40(59)36-43-12-14-50(36)2/h9,12-16,20-24,28H,7-8,10-11,17-19,42H2,1-6H3,(H,44,58)(H,47,59)(H,48,60). The third-order valence-electron chi connectivity index (χ3n) is 10.1. The third kappa shape index (κ3) is 9.92. The second-order valence-corrected chi connectivity index (χ2v) is 14.9. The van der Waals surface area contributed by atoms with Gasteiger partial charge in [-0.1, -0.05) is 0 Å². The zero-order valence-corrected chi connectivity index (χ0v) is 34.4. The molecular weight excluding hydrogens is 771 g/mol. The molecule has 0 bridgehead atoms. The van der Waals surface area contributed by atoms with E-state index in [1.165, 1.54) is 27.7 Å². The number of carbonyl (C=O) groups excluding carboxylic acids is 6. The average Bonchev–Trinajstić information content (AvgIpc) is 4.05. The number of nitrogens with two attached hydrogens (primary N) is 1. The summed E-state index contributed by atoms with van der Waals surface area (Å²) in [6.07, 6.45) is 14.6. The lowest BCUT2D eigenvalue weighted by Crippen LogP contribution is -2.30. The number of nitrogens with zero attached hydrogens (tertiary/aromatic N) is 9. The Bertz CT molecular complexity index is 2580. The van der Waals surface area contributed by atoms with Gasteiger partial charge in [0.2, 0.25) is 11.6 Å². The van der Waals surface area contributed by atoms with Crippen LogP contribution in [0.2, 0.25) is 0 Å². The number of rotatable bonds is 19. The predicted octanol–water partition coefficient (Wildman–Crippen LogP) is 2.15. The maximum atomic E-state index is 13.5. The minimum absolute atomic E-state index is 0.00882. The maximum Gasteiger partial charge on any atom is 0.292 e. The second kappa shape index (κ2) is 18.2. The highest BCUT2D eigenvalue weighted by atomic mass is 16.2. The van der Waals surface area contributed by atoms with Gasteiger partial charge in [-0.3, -0.25) is 28.8 Å². The van der Waals surface area contributed by atoms with Crippen molar-refractivity contribution in [3.63, 3.8) is 0 Å². The van der Waals surface area contributed by atoms with E-state index in [4.69, 9.17) is 5.73 Å². The van der Waals surface area contributed by atoms with Gasteiger partial charge in [-0.2, -0.15) is 0 Å². The highest BCUT2D eigenvalue weighted by Gasteiger charge is 2.24. The van der Waals surface area contributed by atoms with Crippen LogP contribution in [0.25, 0.3) is 0 Å². The first-order valence-corrected chi connectivity index (χ1v) is 19.3. The Labute approximate surface area is 345 Å². The molecule has 6 aromatic rings. The van der Waals surface area contributed by atoms with Crippen LogP contribution in [0.1, 0.15) is 82.4 Å². The fourth-order valence-electron chi connectivity index (χ4n) is 7.09. The van der Waals surface area contributed by atoms with Crippen LogP contribution in [0, 0.1) is 5.92 Å². The third-order valence-corrected chi connectivity index (χ3v) is 10.1. The minimum atomic E-state index is -0.615. The lowest BCUT2D eigenvalue weighted by atomic mass is 9.92. The van der Waals surface area contributed by atoms with Crippen molar-refractivity contribution in [1.29, 1.82) is 0 Å². The van der Waals surface area contributed by atoms with Crippen LogP contribution in [0.15, 0.2) is 67.8 Å². The molecule has 6 rings (SSSR count). The predicted molar refractivity (Wildman–Crippen MR) is 221 cm³/mol. The van der Waals surface area contributed by atoms with Gasteiger partial charge in [-0.05, 0) is 54.3 Å². The molecule has 0 aliphatic carbocycles. The summed E-state index contributed by atoms with van der Waals surface area (Å²) in [6, 6.07) is 5.38. The topological polar surface area (TPSA) is 233 Å². The number of imidazole rings is 3. The van der Waals surface area contributed by atoms with Gasteiger partial charge in [-0.25, -0.2) is 15.0 Å². The summed E-state index contributed by atoms with van der Waals surface area (Å²) in [5.74, 6) is -1.86. The Hall–Kier alpha value is -7.15. The molecular formula is C41H49N13O6. The highest BCUT2D eigenvalue weighted by molar-refractivity contribution is 6.04. The first-order chi connectivity index (χ1) is 28.6. The highest BCUT2D eigenvalue weighted by Crippen LogP contribution is 2.19. The molecule has 19 heteroatoms. The molecule has 60 heavy (non-hydrogen) atoms. The Kier molecular flexibility index (Phi) is 12.9. The van der Waals surface area contributed by atoms with Crippen LogP contribution >= 0.6 is 0 Å². The van der Waals surface area contributed by atoms with Gasteiger partial charge < -0.3 is 49.1 Å². The summed E-state index contributed by atoms with van der Waals surface area (Å²) in [7, 11) is 10.3. The van der Waals surface area contributed by atoms with Crippen LogP contribution in [0.5, 0.6) is 0 Å². The van der Waals surface area contributed by atoms with Crippen LogP contribution in [0.4, 0.5) is 11.6 Å².